The van der Waals surface area contributed by atoms with Crippen molar-refractivity contribution in [2.24, 2.45) is 7.05 Å². The lowest BCUT2D eigenvalue weighted by atomic mass is 10.00. The summed E-state index contributed by atoms with van der Waals surface area (Å²) < 4.78 is 23.1. The predicted molar refractivity (Wildman–Crippen MR) is 118 cm³/mol. The largest absolute Gasteiger partial charge is 0.479 e. The summed E-state index contributed by atoms with van der Waals surface area (Å²) in [6.07, 6.45) is 5.65. The van der Waals surface area contributed by atoms with Crippen LogP contribution < -0.4 is 10.1 Å². The topological polar surface area (TPSA) is 86.9 Å². The van der Waals surface area contributed by atoms with E-state index in [9.17, 15) is 9.18 Å². The van der Waals surface area contributed by atoms with Crippen LogP contribution in [0.4, 0.5) is 4.39 Å². The minimum atomic E-state index is -0.370. The summed E-state index contributed by atoms with van der Waals surface area (Å²) in [5.74, 6) is 0.0475. The van der Waals surface area contributed by atoms with Crippen molar-refractivity contribution in [1.29, 1.82) is 0 Å². The van der Waals surface area contributed by atoms with E-state index in [-0.39, 0.29) is 18.3 Å². The van der Waals surface area contributed by atoms with E-state index in [0.29, 0.717) is 30.0 Å². The Morgan fingerprint density at radius 2 is 2.09 bits per heavy atom. The number of hydrogen-bond donors (Lipinski definition) is 1. The number of fused-ring (bicyclic) bond motifs is 1. The number of rotatable bonds is 7. The number of nitrogens with zero attached hydrogens (tertiary/aromatic N) is 5. The fraction of sp³-hybridized carbons (Fsp3) is 0.304. The van der Waals surface area contributed by atoms with Crippen molar-refractivity contribution in [1.82, 2.24) is 29.6 Å². The van der Waals surface area contributed by atoms with Crippen molar-refractivity contribution >= 4 is 16.9 Å². The Kier molecular flexibility index (Phi) is 5.89. The third-order valence-electron chi connectivity index (χ3n) is 5.60. The van der Waals surface area contributed by atoms with E-state index < -0.39 is 0 Å². The molecule has 0 saturated heterocycles. The monoisotopic (exact) mass is 436 g/mol. The molecule has 8 nitrogen and oxygen atoms in total. The van der Waals surface area contributed by atoms with Crippen LogP contribution in [-0.4, -0.2) is 37.3 Å². The lowest BCUT2D eigenvalue weighted by molar-refractivity contribution is -0.121. The number of carbonyl (C=O) groups is 1. The molecule has 0 fully saturated rings. The molecule has 0 aliphatic heterocycles. The molecule has 4 rings (SSSR count). The number of aryl methyl sites for hydroxylation is 3. The van der Waals surface area contributed by atoms with Crippen LogP contribution in [0, 0.1) is 19.7 Å². The molecule has 0 aliphatic carbocycles. The molecule has 1 aromatic carbocycles. The predicted octanol–water partition coefficient (Wildman–Crippen LogP) is 3.17. The number of imidazole rings is 1. The number of halogens is 1. The maximum atomic E-state index is 14.4. The second-order valence-electron chi connectivity index (χ2n) is 7.66. The number of aromatic nitrogens is 5. The molecular formula is C23H25FN6O2. The van der Waals surface area contributed by atoms with E-state index in [2.05, 4.69) is 20.4 Å². The van der Waals surface area contributed by atoms with E-state index in [1.165, 1.54) is 12.4 Å². The number of carbonyl (C=O) groups excluding carboxylic acids is 1. The van der Waals surface area contributed by atoms with Crippen LogP contribution in [0.3, 0.4) is 0 Å². The number of pyridine rings is 1. The molecule has 0 aliphatic rings. The molecule has 32 heavy (non-hydrogen) atoms. The average Bonchev–Trinajstić information content (AvgIpc) is 3.40. The van der Waals surface area contributed by atoms with Crippen LogP contribution in [0.2, 0.25) is 0 Å². The maximum absolute atomic E-state index is 14.4. The number of benzene rings is 1. The van der Waals surface area contributed by atoms with Crippen molar-refractivity contribution < 1.29 is 13.9 Å². The molecule has 3 aromatic heterocycles. The van der Waals surface area contributed by atoms with Gasteiger partial charge < -0.3 is 14.6 Å². The Morgan fingerprint density at radius 1 is 1.28 bits per heavy atom. The lowest BCUT2D eigenvalue weighted by Crippen LogP contribution is -2.23. The smallest absolute Gasteiger partial charge is 0.242 e. The third-order valence-corrected chi connectivity index (χ3v) is 5.60. The molecule has 0 bridgehead atoms. The molecule has 3 heterocycles. The Balaban J connectivity index is 1.41. The van der Waals surface area contributed by atoms with Crippen LogP contribution in [0.15, 0.2) is 36.9 Å². The molecule has 9 heteroatoms. The van der Waals surface area contributed by atoms with Gasteiger partial charge in [-0.2, -0.15) is 0 Å². The van der Waals surface area contributed by atoms with Gasteiger partial charge >= 0.3 is 0 Å². The van der Waals surface area contributed by atoms with Crippen LogP contribution in [-0.2, 0) is 24.8 Å². The van der Waals surface area contributed by atoms with Gasteiger partial charge in [0.05, 0.1) is 24.5 Å². The highest BCUT2D eigenvalue weighted by atomic mass is 19.1. The Labute approximate surface area is 185 Å². The first-order valence-electron chi connectivity index (χ1n) is 10.3. The van der Waals surface area contributed by atoms with Gasteiger partial charge in [0.15, 0.2) is 5.65 Å². The van der Waals surface area contributed by atoms with Gasteiger partial charge in [-0.15, -0.1) is 5.10 Å². The van der Waals surface area contributed by atoms with Crippen molar-refractivity contribution in [3.8, 4) is 11.6 Å². The number of nitrogens with one attached hydrogen (secondary N) is 1. The molecule has 1 N–H and O–H groups in total. The summed E-state index contributed by atoms with van der Waals surface area (Å²) >= 11 is 0. The molecule has 0 saturated carbocycles. The zero-order valence-electron chi connectivity index (χ0n) is 18.5. The summed E-state index contributed by atoms with van der Waals surface area (Å²) in [7, 11) is 3.41. The van der Waals surface area contributed by atoms with Gasteiger partial charge in [0.1, 0.15) is 5.82 Å². The van der Waals surface area contributed by atoms with Gasteiger partial charge in [0, 0.05) is 38.1 Å². The SMILES string of the molecule is COc1nn(C)c2nc(C)c(CCC(=O)NCc3ccc(-n4ccnc4)c(F)c3)c(C)c12. The molecule has 0 spiro atoms. The molecule has 0 atom stereocenters. The summed E-state index contributed by atoms with van der Waals surface area (Å²) in [5.41, 5.74) is 4.75. The van der Waals surface area contributed by atoms with Crippen LogP contribution in [0.25, 0.3) is 16.7 Å². The zero-order chi connectivity index (χ0) is 22.8. The summed E-state index contributed by atoms with van der Waals surface area (Å²) in [5, 5.41) is 8.09. The molecule has 166 valence electrons. The van der Waals surface area contributed by atoms with Gasteiger partial charge in [-0.05, 0) is 49.1 Å². The van der Waals surface area contributed by atoms with Crippen LogP contribution in [0.1, 0.15) is 28.8 Å². The first-order chi connectivity index (χ1) is 15.4. The van der Waals surface area contributed by atoms with Crippen molar-refractivity contribution in [2.75, 3.05) is 7.11 Å². The van der Waals surface area contributed by atoms with Gasteiger partial charge in [0.25, 0.3) is 0 Å². The highest BCUT2D eigenvalue weighted by Crippen LogP contribution is 2.30. The number of amides is 1. The minimum Gasteiger partial charge on any atom is -0.479 e. The van der Waals surface area contributed by atoms with E-state index in [0.717, 1.165) is 27.9 Å². The van der Waals surface area contributed by atoms with E-state index in [1.807, 2.05) is 20.9 Å². The molecule has 0 unspecified atom stereocenters. The average molecular weight is 436 g/mol. The van der Waals surface area contributed by atoms with Crippen molar-refractivity contribution in [3.63, 3.8) is 0 Å². The summed E-state index contributed by atoms with van der Waals surface area (Å²) in [6.45, 7) is 4.19. The standard InChI is InChI=1S/C23H25FN6O2/c1-14-17(15(2)27-22-21(14)23(32-4)28-29(22)3)6-8-20(31)26-12-16-5-7-19(18(24)11-16)30-10-9-25-13-30/h5,7,9-11,13H,6,8,12H2,1-4H3,(H,26,31). The minimum absolute atomic E-state index is 0.110. The van der Waals surface area contributed by atoms with E-state index in [4.69, 9.17) is 4.74 Å². The molecule has 0 radical (unpaired) electrons. The summed E-state index contributed by atoms with van der Waals surface area (Å²) in [4.78, 5) is 21.0. The first-order valence-corrected chi connectivity index (χ1v) is 10.3. The van der Waals surface area contributed by atoms with Gasteiger partial charge in [-0.3, -0.25) is 4.79 Å². The Bertz CT molecular complexity index is 1280. The zero-order valence-corrected chi connectivity index (χ0v) is 18.5. The first kappa shape index (κ1) is 21.5. The fourth-order valence-electron chi connectivity index (χ4n) is 3.91. The molecule has 4 aromatic rings. The second kappa shape index (κ2) is 8.78. The van der Waals surface area contributed by atoms with E-state index in [1.54, 1.807) is 40.9 Å². The summed E-state index contributed by atoms with van der Waals surface area (Å²) in [6, 6.07) is 4.89. The highest BCUT2D eigenvalue weighted by molar-refractivity contribution is 5.86. The Hall–Kier alpha value is -3.75. The third kappa shape index (κ3) is 4.05. The number of hydrogen-bond acceptors (Lipinski definition) is 5. The maximum Gasteiger partial charge on any atom is 0.242 e. The molecule has 1 amide bonds. The van der Waals surface area contributed by atoms with Crippen molar-refractivity contribution in [3.05, 3.63) is 65.1 Å². The normalized spacial score (nSPS) is 11.2. The number of methoxy groups -OCH3 is 1. The van der Waals surface area contributed by atoms with Gasteiger partial charge in [-0.1, -0.05) is 6.07 Å². The number of ether oxygens (including phenoxy) is 1. The van der Waals surface area contributed by atoms with Crippen LogP contribution >= 0.6 is 0 Å². The van der Waals surface area contributed by atoms with Crippen molar-refractivity contribution in [2.45, 2.75) is 33.2 Å². The quantitative estimate of drug-likeness (QED) is 0.481. The van der Waals surface area contributed by atoms with Crippen LogP contribution in [0.5, 0.6) is 5.88 Å². The van der Waals surface area contributed by atoms with Gasteiger partial charge in [0.2, 0.25) is 11.8 Å². The van der Waals surface area contributed by atoms with E-state index >= 15 is 0 Å². The molecular weight excluding hydrogens is 411 g/mol. The highest BCUT2D eigenvalue weighted by Gasteiger charge is 2.18. The fourth-order valence-corrected chi connectivity index (χ4v) is 3.91. The Morgan fingerprint density at radius 3 is 2.78 bits per heavy atom. The second-order valence-corrected chi connectivity index (χ2v) is 7.66. The lowest BCUT2D eigenvalue weighted by Gasteiger charge is -2.12. The van der Waals surface area contributed by atoms with Gasteiger partial charge in [-0.25, -0.2) is 19.0 Å².